The first-order chi connectivity index (χ1) is 27.0. The van der Waals surface area contributed by atoms with Crippen molar-refractivity contribution in [1.82, 2.24) is 4.57 Å². The Hall–Kier alpha value is -6.48. The summed E-state index contributed by atoms with van der Waals surface area (Å²) in [6.07, 6.45) is 0. The highest BCUT2D eigenvalue weighted by molar-refractivity contribution is 7.25. The first-order valence-corrected chi connectivity index (χ1v) is 20.0. The zero-order chi connectivity index (χ0) is 36.4. The number of thiophene rings is 1. The highest BCUT2D eigenvalue weighted by Gasteiger charge is 2.38. The first kappa shape index (κ1) is 30.9. The van der Waals surface area contributed by atoms with Crippen LogP contribution in [-0.2, 0) is 5.41 Å². The second-order valence-corrected chi connectivity index (χ2v) is 16.8. The lowest BCUT2D eigenvalue weighted by atomic mass is 9.80. The molecule has 0 saturated carbocycles. The maximum Gasteiger partial charge on any atom is 0.0541 e. The molecule has 55 heavy (non-hydrogen) atoms. The van der Waals surface area contributed by atoms with Gasteiger partial charge in [0.15, 0.2) is 0 Å². The average Bonchev–Trinajstić information content (AvgIpc) is 3.85. The summed E-state index contributed by atoms with van der Waals surface area (Å²) in [5.41, 5.74) is 14.0. The molecule has 0 atom stereocenters. The summed E-state index contributed by atoms with van der Waals surface area (Å²) in [6.45, 7) is 4.84. The largest absolute Gasteiger partial charge is 0.309 e. The Kier molecular flexibility index (Phi) is 6.34. The zero-order valence-electron chi connectivity index (χ0n) is 30.6. The third kappa shape index (κ3) is 4.40. The van der Waals surface area contributed by atoms with Crippen LogP contribution >= 0.6 is 11.3 Å². The van der Waals surface area contributed by atoms with Crippen LogP contribution in [0.4, 0.5) is 0 Å². The van der Waals surface area contributed by atoms with Crippen molar-refractivity contribution in [3.8, 4) is 39.1 Å². The van der Waals surface area contributed by atoms with E-state index in [1.807, 2.05) is 11.3 Å². The highest BCUT2D eigenvalue weighted by Crippen LogP contribution is 2.54. The van der Waals surface area contributed by atoms with Crippen LogP contribution in [0.1, 0.15) is 25.0 Å². The van der Waals surface area contributed by atoms with Gasteiger partial charge in [-0.25, -0.2) is 0 Å². The lowest BCUT2D eigenvalue weighted by Crippen LogP contribution is -2.15. The van der Waals surface area contributed by atoms with Gasteiger partial charge in [0.1, 0.15) is 0 Å². The predicted octanol–water partition coefficient (Wildman–Crippen LogP) is 15.1. The van der Waals surface area contributed by atoms with Crippen molar-refractivity contribution in [1.29, 1.82) is 0 Å². The molecule has 0 fully saturated rings. The number of fused-ring (bicyclic) bond motifs is 13. The lowest BCUT2D eigenvalue weighted by Gasteiger charge is -2.23. The van der Waals surface area contributed by atoms with Gasteiger partial charge >= 0.3 is 0 Å². The molecule has 0 unspecified atom stereocenters. The predicted molar refractivity (Wildman–Crippen MR) is 237 cm³/mol. The van der Waals surface area contributed by atoms with E-state index in [0.717, 1.165) is 0 Å². The first-order valence-electron chi connectivity index (χ1n) is 19.2. The number of hydrogen-bond acceptors (Lipinski definition) is 1. The molecule has 1 aliphatic carbocycles. The molecule has 2 heteroatoms. The molecule has 2 heterocycles. The van der Waals surface area contributed by atoms with Crippen LogP contribution in [0.2, 0.25) is 0 Å². The fourth-order valence-electron chi connectivity index (χ4n) is 9.73. The molecule has 0 saturated heterocycles. The van der Waals surface area contributed by atoms with Gasteiger partial charge in [-0.3, -0.25) is 0 Å². The van der Waals surface area contributed by atoms with Crippen molar-refractivity contribution in [2.24, 2.45) is 0 Å². The number of rotatable bonds is 3. The van der Waals surface area contributed by atoms with Crippen molar-refractivity contribution < 1.29 is 0 Å². The normalized spacial score (nSPS) is 13.4. The Morgan fingerprint density at radius 2 is 1.05 bits per heavy atom. The van der Waals surface area contributed by atoms with Crippen molar-refractivity contribution in [3.05, 3.63) is 187 Å². The van der Waals surface area contributed by atoms with E-state index < -0.39 is 0 Å². The standard InChI is InChI=1S/C53H35NS/c1-53(2)46-31-38(21-23-41(46)42-24-27-50-51(52(42)53)43-14-8-9-15-49(43)55-50)54-47-25-19-35(32-10-4-3-5-11-32)29-44(47)45-30-36(20-26-48(45)54)34-18-22-40-37(28-34)17-16-33-12-6-7-13-39(33)40/h3-31H,1-2H3. The molecule has 11 aromatic rings. The van der Waals surface area contributed by atoms with Crippen LogP contribution in [-0.4, -0.2) is 4.57 Å². The molecule has 1 aliphatic rings. The summed E-state index contributed by atoms with van der Waals surface area (Å²) < 4.78 is 5.22. The Bertz CT molecular complexity index is 3400. The zero-order valence-corrected chi connectivity index (χ0v) is 31.4. The molecule has 2 aromatic heterocycles. The molecule has 1 nitrogen and oxygen atoms in total. The number of nitrogens with zero attached hydrogens (tertiary/aromatic N) is 1. The summed E-state index contributed by atoms with van der Waals surface area (Å²) in [6, 6.07) is 65.7. The summed E-state index contributed by atoms with van der Waals surface area (Å²) in [5, 5.41) is 10.4. The van der Waals surface area contributed by atoms with Crippen LogP contribution in [0.3, 0.4) is 0 Å². The van der Waals surface area contributed by atoms with Crippen molar-refractivity contribution in [2.75, 3.05) is 0 Å². The monoisotopic (exact) mass is 717 g/mol. The topological polar surface area (TPSA) is 4.93 Å². The fraction of sp³-hybridized carbons (Fsp3) is 0.0566. The summed E-state index contributed by atoms with van der Waals surface area (Å²) in [5.74, 6) is 0. The van der Waals surface area contributed by atoms with Crippen LogP contribution in [0, 0.1) is 0 Å². The molecular weight excluding hydrogens is 683 g/mol. The van der Waals surface area contributed by atoms with Crippen molar-refractivity contribution in [3.63, 3.8) is 0 Å². The van der Waals surface area contributed by atoms with Gasteiger partial charge in [0.2, 0.25) is 0 Å². The summed E-state index contributed by atoms with van der Waals surface area (Å²) in [7, 11) is 0. The van der Waals surface area contributed by atoms with Gasteiger partial charge in [0.05, 0.1) is 11.0 Å². The number of hydrogen-bond donors (Lipinski definition) is 0. The second-order valence-electron chi connectivity index (χ2n) is 15.7. The molecular formula is C53H35NS. The van der Waals surface area contributed by atoms with Crippen molar-refractivity contribution in [2.45, 2.75) is 19.3 Å². The Labute approximate surface area is 323 Å². The van der Waals surface area contributed by atoms with E-state index in [9.17, 15) is 0 Å². The van der Waals surface area contributed by atoms with Gasteiger partial charge in [0.25, 0.3) is 0 Å². The Balaban J connectivity index is 1.06. The van der Waals surface area contributed by atoms with Crippen LogP contribution in [0.25, 0.3) is 103 Å². The molecule has 258 valence electrons. The quantitative estimate of drug-likeness (QED) is 0.160. The van der Waals surface area contributed by atoms with E-state index >= 15 is 0 Å². The maximum absolute atomic E-state index is 2.49. The van der Waals surface area contributed by atoms with Gasteiger partial charge in [-0.2, -0.15) is 0 Å². The number of aromatic nitrogens is 1. The molecule has 0 aliphatic heterocycles. The van der Waals surface area contributed by atoms with Gasteiger partial charge in [-0.1, -0.05) is 135 Å². The SMILES string of the molecule is CC1(C)c2cc(-n3c4ccc(-c5ccccc5)cc4c4cc(-c5ccc6c(ccc7ccccc76)c5)ccc43)ccc2-c2ccc3sc4ccccc4c3c21. The summed E-state index contributed by atoms with van der Waals surface area (Å²) >= 11 is 1.91. The third-order valence-corrected chi connectivity index (χ3v) is 13.5. The van der Waals surface area contributed by atoms with Crippen LogP contribution in [0.15, 0.2) is 176 Å². The van der Waals surface area contributed by atoms with Crippen LogP contribution in [0.5, 0.6) is 0 Å². The fourth-order valence-corrected chi connectivity index (χ4v) is 10.8. The van der Waals surface area contributed by atoms with Gasteiger partial charge in [0, 0.05) is 42.0 Å². The van der Waals surface area contributed by atoms with Gasteiger partial charge in [-0.05, 0) is 121 Å². The minimum Gasteiger partial charge on any atom is -0.309 e. The second kappa shape index (κ2) is 11.3. The van der Waals surface area contributed by atoms with Gasteiger partial charge in [-0.15, -0.1) is 11.3 Å². The number of benzene rings is 9. The van der Waals surface area contributed by atoms with E-state index in [-0.39, 0.29) is 5.41 Å². The lowest BCUT2D eigenvalue weighted by molar-refractivity contribution is 0.666. The smallest absolute Gasteiger partial charge is 0.0541 e. The van der Waals surface area contributed by atoms with Crippen LogP contribution < -0.4 is 0 Å². The Morgan fingerprint density at radius 1 is 0.418 bits per heavy atom. The molecule has 0 spiro atoms. The molecule has 9 aromatic carbocycles. The van der Waals surface area contributed by atoms with E-state index in [0.29, 0.717) is 0 Å². The van der Waals surface area contributed by atoms with E-state index in [1.165, 1.54) is 114 Å². The molecule has 0 amide bonds. The maximum atomic E-state index is 2.49. The van der Waals surface area contributed by atoms with E-state index in [4.69, 9.17) is 0 Å². The molecule has 12 rings (SSSR count). The Morgan fingerprint density at radius 3 is 1.87 bits per heavy atom. The molecule has 0 N–H and O–H groups in total. The van der Waals surface area contributed by atoms with Gasteiger partial charge < -0.3 is 4.57 Å². The van der Waals surface area contributed by atoms with E-state index in [1.54, 1.807) is 0 Å². The highest BCUT2D eigenvalue weighted by atomic mass is 32.1. The molecule has 0 bridgehead atoms. The minimum absolute atomic E-state index is 0.155. The average molecular weight is 718 g/mol. The third-order valence-electron chi connectivity index (χ3n) is 12.3. The minimum atomic E-state index is -0.155. The molecule has 0 radical (unpaired) electrons. The summed E-state index contributed by atoms with van der Waals surface area (Å²) in [4.78, 5) is 0. The van der Waals surface area contributed by atoms with E-state index in [2.05, 4.69) is 194 Å². The van der Waals surface area contributed by atoms with Crippen molar-refractivity contribution >= 4 is 74.9 Å².